The van der Waals surface area contributed by atoms with Gasteiger partial charge in [-0.2, -0.15) is 0 Å². The molecule has 0 aliphatic carbocycles. The van der Waals surface area contributed by atoms with E-state index in [1.54, 1.807) is 0 Å². The highest BCUT2D eigenvalue weighted by molar-refractivity contribution is 9.10. The van der Waals surface area contributed by atoms with E-state index in [1.165, 1.54) is 12.1 Å². The van der Waals surface area contributed by atoms with Crippen LogP contribution in [0.25, 0.3) is 22.4 Å². The number of nitrogens with one attached hydrogen (secondary N) is 1. The lowest BCUT2D eigenvalue weighted by atomic mass is 10.2. The first-order valence-corrected chi connectivity index (χ1v) is 6.48. The maximum absolute atomic E-state index is 13.0. The number of nitrogens with zero attached hydrogens (tertiary/aromatic N) is 1. The first-order chi connectivity index (χ1) is 9.04. The second-order valence-electron chi connectivity index (χ2n) is 4.37. The van der Waals surface area contributed by atoms with Gasteiger partial charge in [0.1, 0.15) is 17.4 Å². The van der Waals surface area contributed by atoms with Crippen molar-refractivity contribution in [1.82, 2.24) is 9.97 Å². The van der Waals surface area contributed by atoms with E-state index in [9.17, 15) is 9.50 Å². The smallest absolute Gasteiger partial charge is 0.142 e. The number of benzene rings is 2. The monoisotopic (exact) mass is 320 g/mol. The van der Waals surface area contributed by atoms with Gasteiger partial charge >= 0.3 is 0 Å². The summed E-state index contributed by atoms with van der Waals surface area (Å²) in [6, 6.07) is 7.76. The molecule has 0 unspecified atom stereocenters. The van der Waals surface area contributed by atoms with Gasteiger partial charge in [0.15, 0.2) is 0 Å². The van der Waals surface area contributed by atoms with Crippen molar-refractivity contribution in [3.05, 3.63) is 46.2 Å². The molecule has 0 radical (unpaired) electrons. The van der Waals surface area contributed by atoms with E-state index in [-0.39, 0.29) is 5.75 Å². The molecule has 0 fully saturated rings. The minimum atomic E-state index is -0.476. The first-order valence-electron chi connectivity index (χ1n) is 5.69. The van der Waals surface area contributed by atoms with Gasteiger partial charge < -0.3 is 10.1 Å². The average molecular weight is 321 g/mol. The normalized spacial score (nSPS) is 11.1. The van der Waals surface area contributed by atoms with Gasteiger partial charge in [0.05, 0.1) is 16.6 Å². The minimum absolute atomic E-state index is 0.129. The Morgan fingerprint density at radius 3 is 2.79 bits per heavy atom. The topological polar surface area (TPSA) is 48.9 Å². The number of fused-ring (bicyclic) bond motifs is 1. The number of halogens is 2. The number of aryl methyl sites for hydroxylation is 1. The third kappa shape index (κ3) is 2.10. The number of rotatable bonds is 1. The lowest BCUT2D eigenvalue weighted by Crippen LogP contribution is -1.83. The maximum atomic E-state index is 13.0. The summed E-state index contributed by atoms with van der Waals surface area (Å²) in [5.41, 5.74) is 3.20. The van der Waals surface area contributed by atoms with E-state index in [1.807, 2.05) is 19.1 Å². The molecule has 0 aliphatic heterocycles. The van der Waals surface area contributed by atoms with E-state index < -0.39 is 5.82 Å². The summed E-state index contributed by atoms with van der Waals surface area (Å²) in [4.78, 5) is 7.59. The highest BCUT2D eigenvalue weighted by Crippen LogP contribution is 2.31. The predicted octanol–water partition coefficient (Wildman–Crippen LogP) is 4.15. The molecule has 0 aliphatic rings. The molecule has 2 aromatic carbocycles. The molecule has 0 spiro atoms. The molecule has 19 heavy (non-hydrogen) atoms. The van der Waals surface area contributed by atoms with Gasteiger partial charge in [-0.25, -0.2) is 9.37 Å². The molecule has 96 valence electrons. The molecule has 0 atom stereocenters. The number of H-pyrrole nitrogens is 1. The van der Waals surface area contributed by atoms with Crippen LogP contribution >= 0.6 is 15.9 Å². The fourth-order valence-electron chi connectivity index (χ4n) is 2.08. The third-order valence-electron chi connectivity index (χ3n) is 2.96. The Morgan fingerprint density at radius 2 is 2.05 bits per heavy atom. The van der Waals surface area contributed by atoms with Gasteiger partial charge in [-0.1, -0.05) is 15.9 Å². The summed E-state index contributed by atoms with van der Waals surface area (Å²) in [7, 11) is 0. The molecule has 0 saturated carbocycles. The Balaban J connectivity index is 2.23. The van der Waals surface area contributed by atoms with Gasteiger partial charge in [-0.15, -0.1) is 0 Å². The number of aromatic amines is 1. The molecule has 3 aromatic rings. The molecular formula is C14H10BrFN2O. The fourth-order valence-corrected chi connectivity index (χ4v) is 2.65. The van der Waals surface area contributed by atoms with Crippen molar-refractivity contribution >= 4 is 27.0 Å². The molecular weight excluding hydrogens is 311 g/mol. The van der Waals surface area contributed by atoms with Gasteiger partial charge in [-0.3, -0.25) is 0 Å². The second kappa shape index (κ2) is 4.35. The first kappa shape index (κ1) is 12.2. The molecule has 5 heteroatoms. The fraction of sp³-hybridized carbons (Fsp3) is 0.0714. The van der Waals surface area contributed by atoms with Crippen LogP contribution < -0.4 is 0 Å². The lowest BCUT2D eigenvalue weighted by molar-refractivity contribution is 0.471. The number of imidazole rings is 1. The Hall–Kier alpha value is -1.88. The van der Waals surface area contributed by atoms with Crippen LogP contribution in [0.1, 0.15) is 5.56 Å². The number of aromatic hydroxyl groups is 1. The Morgan fingerprint density at radius 1 is 1.26 bits per heavy atom. The van der Waals surface area contributed by atoms with Gasteiger partial charge in [0.2, 0.25) is 0 Å². The van der Waals surface area contributed by atoms with Crippen LogP contribution in [-0.2, 0) is 0 Å². The number of hydrogen-bond acceptors (Lipinski definition) is 2. The molecule has 0 amide bonds. The second-order valence-corrected chi connectivity index (χ2v) is 5.28. The summed E-state index contributed by atoms with van der Waals surface area (Å²) in [6.07, 6.45) is 0. The molecule has 3 nitrogen and oxygen atoms in total. The summed E-state index contributed by atoms with van der Waals surface area (Å²) in [6.45, 7) is 1.96. The van der Waals surface area contributed by atoms with Crippen molar-refractivity contribution in [3.8, 4) is 17.1 Å². The molecule has 2 N–H and O–H groups in total. The van der Waals surface area contributed by atoms with Crippen molar-refractivity contribution in [2.75, 3.05) is 0 Å². The molecule has 3 rings (SSSR count). The van der Waals surface area contributed by atoms with Crippen LogP contribution in [0, 0.1) is 12.7 Å². The van der Waals surface area contributed by atoms with Crippen molar-refractivity contribution in [1.29, 1.82) is 0 Å². The zero-order valence-electron chi connectivity index (χ0n) is 10.0. The van der Waals surface area contributed by atoms with E-state index in [0.29, 0.717) is 11.4 Å². The van der Waals surface area contributed by atoms with Gasteiger partial charge in [0, 0.05) is 10.5 Å². The van der Waals surface area contributed by atoms with E-state index in [4.69, 9.17) is 0 Å². The number of hydrogen-bond donors (Lipinski definition) is 2. The van der Waals surface area contributed by atoms with Crippen molar-refractivity contribution in [2.45, 2.75) is 6.92 Å². The molecule has 0 saturated heterocycles. The van der Waals surface area contributed by atoms with Crippen LogP contribution in [0.15, 0.2) is 34.8 Å². The lowest BCUT2D eigenvalue weighted by Gasteiger charge is -2.00. The maximum Gasteiger partial charge on any atom is 0.142 e. The predicted molar refractivity (Wildman–Crippen MR) is 75.6 cm³/mol. The largest absolute Gasteiger partial charge is 0.507 e. The van der Waals surface area contributed by atoms with Crippen LogP contribution in [-0.4, -0.2) is 15.1 Å². The highest BCUT2D eigenvalue weighted by atomic mass is 79.9. The average Bonchev–Trinajstić information content (AvgIpc) is 2.72. The summed E-state index contributed by atoms with van der Waals surface area (Å²) in [5, 5.41) is 9.78. The third-order valence-corrected chi connectivity index (χ3v) is 3.41. The number of phenols is 1. The highest BCUT2D eigenvalue weighted by Gasteiger charge is 2.12. The van der Waals surface area contributed by atoms with Crippen LogP contribution in [0.2, 0.25) is 0 Å². The summed E-state index contributed by atoms with van der Waals surface area (Å²) in [5.74, 6) is -0.0826. The van der Waals surface area contributed by atoms with E-state index >= 15 is 0 Å². The van der Waals surface area contributed by atoms with E-state index in [2.05, 4.69) is 25.9 Å². The van der Waals surface area contributed by atoms with Crippen LogP contribution in [0.5, 0.6) is 5.75 Å². The Labute approximate surface area is 117 Å². The summed E-state index contributed by atoms with van der Waals surface area (Å²) >= 11 is 3.43. The Bertz CT molecular complexity index is 782. The van der Waals surface area contributed by atoms with Crippen LogP contribution in [0.4, 0.5) is 4.39 Å². The van der Waals surface area contributed by atoms with Crippen molar-refractivity contribution in [2.24, 2.45) is 0 Å². The van der Waals surface area contributed by atoms with Crippen LogP contribution in [0.3, 0.4) is 0 Å². The zero-order chi connectivity index (χ0) is 13.6. The zero-order valence-corrected chi connectivity index (χ0v) is 11.6. The van der Waals surface area contributed by atoms with Gasteiger partial charge in [0.25, 0.3) is 0 Å². The SMILES string of the molecule is Cc1cc(Br)cc2[nH]c(-c3ccc(F)cc3O)nc12. The quantitative estimate of drug-likeness (QED) is 0.707. The molecule has 1 aromatic heterocycles. The Kier molecular flexibility index (Phi) is 2.78. The molecule has 0 bridgehead atoms. The van der Waals surface area contributed by atoms with Gasteiger partial charge in [-0.05, 0) is 36.8 Å². The van der Waals surface area contributed by atoms with Crippen molar-refractivity contribution in [3.63, 3.8) is 0 Å². The minimum Gasteiger partial charge on any atom is -0.507 e. The standard InChI is InChI=1S/C14H10BrFN2O/c1-7-4-8(15)5-11-13(7)18-14(17-11)10-3-2-9(16)6-12(10)19/h2-6,19H,1H3,(H,17,18). The number of aromatic nitrogens is 2. The number of phenolic OH excluding ortho intramolecular Hbond substituents is 1. The van der Waals surface area contributed by atoms with E-state index in [0.717, 1.165) is 27.1 Å². The molecule has 1 heterocycles. The van der Waals surface area contributed by atoms with Crippen molar-refractivity contribution < 1.29 is 9.50 Å². The summed E-state index contributed by atoms with van der Waals surface area (Å²) < 4.78 is 13.9.